The number of carbonyl (C=O) groups is 2. The van der Waals surface area contributed by atoms with Gasteiger partial charge in [0.1, 0.15) is 6.04 Å². The molecule has 4 heteroatoms. The van der Waals surface area contributed by atoms with Gasteiger partial charge in [0, 0.05) is 0 Å². The van der Waals surface area contributed by atoms with E-state index in [1.54, 1.807) is 6.20 Å². The van der Waals surface area contributed by atoms with Crippen molar-refractivity contribution in [2.45, 2.75) is 12.5 Å². The van der Waals surface area contributed by atoms with Gasteiger partial charge in [-0.3, -0.25) is 14.9 Å². The molecule has 2 N–H and O–H groups in total. The van der Waals surface area contributed by atoms with Crippen LogP contribution in [0.25, 0.3) is 0 Å². The predicted octanol–water partition coefficient (Wildman–Crippen LogP) is -0.865. The standard InChI is InChI=1S/C7H8N2O2/c10-6-4-2-1-3-8-5(4)7(11)9-6/h1,3-5,8H,2H2,(H,9,10,11). The van der Waals surface area contributed by atoms with E-state index < -0.39 is 0 Å². The maximum Gasteiger partial charge on any atom is 0.249 e. The first kappa shape index (κ1) is 6.39. The Bertz CT molecular complexity index is 223. The molecule has 0 radical (unpaired) electrons. The summed E-state index contributed by atoms with van der Waals surface area (Å²) in [7, 11) is 0. The summed E-state index contributed by atoms with van der Waals surface area (Å²) in [6, 6.07) is -0.326. The summed E-state index contributed by atoms with van der Waals surface area (Å²) in [6.45, 7) is 0. The topological polar surface area (TPSA) is 58.2 Å². The zero-order valence-corrected chi connectivity index (χ0v) is 5.83. The molecular weight excluding hydrogens is 144 g/mol. The van der Waals surface area contributed by atoms with Crippen molar-refractivity contribution < 1.29 is 9.59 Å². The highest BCUT2D eigenvalue weighted by Gasteiger charge is 2.41. The van der Waals surface area contributed by atoms with Gasteiger partial charge in [-0.1, -0.05) is 6.08 Å². The van der Waals surface area contributed by atoms with Gasteiger partial charge in [-0.2, -0.15) is 0 Å². The van der Waals surface area contributed by atoms with E-state index in [1.807, 2.05) is 6.08 Å². The number of nitrogens with one attached hydrogen (secondary N) is 2. The summed E-state index contributed by atoms with van der Waals surface area (Å²) in [5.41, 5.74) is 0. The number of allylic oxidation sites excluding steroid dienone is 1. The fourth-order valence-corrected chi connectivity index (χ4v) is 1.45. The van der Waals surface area contributed by atoms with Gasteiger partial charge in [0.15, 0.2) is 0 Å². The van der Waals surface area contributed by atoms with Crippen LogP contribution in [0, 0.1) is 5.92 Å². The van der Waals surface area contributed by atoms with Crippen LogP contribution < -0.4 is 10.6 Å². The van der Waals surface area contributed by atoms with Crippen LogP contribution in [0.15, 0.2) is 12.3 Å². The SMILES string of the molecule is O=C1NC(=O)C2NC=CCC12. The summed E-state index contributed by atoms with van der Waals surface area (Å²) in [5, 5.41) is 5.13. The highest BCUT2D eigenvalue weighted by Crippen LogP contribution is 2.19. The van der Waals surface area contributed by atoms with E-state index in [9.17, 15) is 9.59 Å². The van der Waals surface area contributed by atoms with Gasteiger partial charge in [0.25, 0.3) is 0 Å². The summed E-state index contributed by atoms with van der Waals surface area (Å²) in [5.74, 6) is -0.547. The summed E-state index contributed by atoms with van der Waals surface area (Å²) in [4.78, 5) is 22.0. The molecule has 0 saturated carbocycles. The highest BCUT2D eigenvalue weighted by molar-refractivity contribution is 6.07. The number of amides is 2. The monoisotopic (exact) mass is 152 g/mol. The third kappa shape index (κ3) is 0.824. The number of imide groups is 1. The molecule has 2 unspecified atom stereocenters. The van der Waals surface area contributed by atoms with Gasteiger partial charge in [-0.15, -0.1) is 0 Å². The Morgan fingerprint density at radius 1 is 1.36 bits per heavy atom. The van der Waals surface area contributed by atoms with Crippen molar-refractivity contribution in [1.29, 1.82) is 0 Å². The molecule has 58 valence electrons. The van der Waals surface area contributed by atoms with Gasteiger partial charge in [-0.25, -0.2) is 0 Å². The minimum Gasteiger partial charge on any atom is -0.379 e. The number of rotatable bonds is 0. The van der Waals surface area contributed by atoms with Crippen molar-refractivity contribution in [2.75, 3.05) is 0 Å². The average Bonchev–Trinajstić information content (AvgIpc) is 2.30. The normalized spacial score (nSPS) is 34.5. The largest absolute Gasteiger partial charge is 0.379 e. The molecule has 1 fully saturated rings. The van der Waals surface area contributed by atoms with Crippen LogP contribution in [-0.2, 0) is 9.59 Å². The van der Waals surface area contributed by atoms with Gasteiger partial charge >= 0.3 is 0 Å². The second kappa shape index (κ2) is 2.08. The lowest BCUT2D eigenvalue weighted by atomic mass is 9.96. The van der Waals surface area contributed by atoms with E-state index in [4.69, 9.17) is 0 Å². The predicted molar refractivity (Wildman–Crippen MR) is 37.3 cm³/mol. The van der Waals surface area contributed by atoms with E-state index in [1.165, 1.54) is 0 Å². The molecular formula is C7H8N2O2. The molecule has 2 rings (SSSR count). The van der Waals surface area contributed by atoms with E-state index in [0.29, 0.717) is 6.42 Å². The third-order valence-corrected chi connectivity index (χ3v) is 2.05. The molecule has 0 aromatic rings. The molecule has 2 heterocycles. The summed E-state index contributed by atoms with van der Waals surface area (Å²) < 4.78 is 0. The Morgan fingerprint density at radius 2 is 2.18 bits per heavy atom. The molecule has 4 nitrogen and oxygen atoms in total. The number of carbonyl (C=O) groups excluding carboxylic acids is 2. The summed E-state index contributed by atoms with van der Waals surface area (Å²) >= 11 is 0. The number of hydrogen-bond acceptors (Lipinski definition) is 3. The van der Waals surface area contributed by atoms with Gasteiger partial charge in [-0.05, 0) is 12.6 Å². The average molecular weight is 152 g/mol. The maximum absolute atomic E-state index is 11.0. The number of hydrogen-bond donors (Lipinski definition) is 2. The van der Waals surface area contributed by atoms with Crippen LogP contribution in [0.4, 0.5) is 0 Å². The molecule has 11 heavy (non-hydrogen) atoms. The minimum atomic E-state index is -0.326. The van der Waals surface area contributed by atoms with Crippen LogP contribution in [0.2, 0.25) is 0 Å². The van der Waals surface area contributed by atoms with E-state index in [-0.39, 0.29) is 23.8 Å². The second-order valence-corrected chi connectivity index (χ2v) is 2.74. The minimum absolute atomic E-state index is 0.156. The van der Waals surface area contributed by atoms with Crippen LogP contribution in [0.1, 0.15) is 6.42 Å². The van der Waals surface area contributed by atoms with Gasteiger partial charge in [0.05, 0.1) is 5.92 Å². The Hall–Kier alpha value is -1.32. The fraction of sp³-hybridized carbons (Fsp3) is 0.429. The lowest BCUT2D eigenvalue weighted by Gasteiger charge is -2.17. The van der Waals surface area contributed by atoms with Crippen LogP contribution in [0.3, 0.4) is 0 Å². The quantitative estimate of drug-likeness (QED) is 0.444. The molecule has 1 saturated heterocycles. The summed E-state index contributed by atoms with van der Waals surface area (Å²) in [6.07, 6.45) is 4.24. The molecule has 2 atom stereocenters. The van der Waals surface area contributed by atoms with Crippen molar-refractivity contribution in [3.05, 3.63) is 12.3 Å². The van der Waals surface area contributed by atoms with Crippen molar-refractivity contribution in [3.63, 3.8) is 0 Å². The Labute approximate surface area is 63.7 Å². The molecule has 0 aromatic carbocycles. The molecule has 0 aromatic heterocycles. The molecule has 0 spiro atoms. The first-order valence-corrected chi connectivity index (χ1v) is 3.55. The zero-order chi connectivity index (χ0) is 7.84. The van der Waals surface area contributed by atoms with Crippen molar-refractivity contribution in [1.82, 2.24) is 10.6 Å². The first-order chi connectivity index (χ1) is 5.29. The Balaban J connectivity index is 2.28. The smallest absolute Gasteiger partial charge is 0.249 e. The lowest BCUT2D eigenvalue weighted by Crippen LogP contribution is -2.38. The highest BCUT2D eigenvalue weighted by atomic mass is 16.2. The van der Waals surface area contributed by atoms with Gasteiger partial charge in [0.2, 0.25) is 11.8 Å². The maximum atomic E-state index is 11.0. The van der Waals surface area contributed by atoms with Gasteiger partial charge < -0.3 is 5.32 Å². The molecule has 2 amide bonds. The molecule has 2 aliphatic rings. The molecule has 2 aliphatic heterocycles. The first-order valence-electron chi connectivity index (χ1n) is 3.55. The van der Waals surface area contributed by atoms with Crippen molar-refractivity contribution in [2.24, 2.45) is 5.92 Å². The van der Waals surface area contributed by atoms with Crippen molar-refractivity contribution in [3.8, 4) is 0 Å². The lowest BCUT2D eigenvalue weighted by molar-refractivity contribution is -0.125. The molecule has 0 bridgehead atoms. The van der Waals surface area contributed by atoms with Crippen molar-refractivity contribution >= 4 is 11.8 Å². The Morgan fingerprint density at radius 3 is 2.91 bits per heavy atom. The molecule has 0 aliphatic carbocycles. The van der Waals surface area contributed by atoms with E-state index in [2.05, 4.69) is 10.6 Å². The van der Waals surface area contributed by atoms with Crippen LogP contribution in [0.5, 0.6) is 0 Å². The fourth-order valence-electron chi connectivity index (χ4n) is 1.45. The third-order valence-electron chi connectivity index (χ3n) is 2.05. The van der Waals surface area contributed by atoms with E-state index >= 15 is 0 Å². The van der Waals surface area contributed by atoms with E-state index in [0.717, 1.165) is 0 Å². The van der Waals surface area contributed by atoms with Crippen LogP contribution in [-0.4, -0.2) is 17.9 Å². The number of fused-ring (bicyclic) bond motifs is 1. The Kier molecular flexibility index (Phi) is 1.21. The van der Waals surface area contributed by atoms with Crippen LogP contribution >= 0.6 is 0 Å². The zero-order valence-electron chi connectivity index (χ0n) is 5.83. The second-order valence-electron chi connectivity index (χ2n) is 2.74.